The normalized spacial score (nSPS) is 15.8. The lowest BCUT2D eigenvalue weighted by molar-refractivity contribution is -0.899. The van der Waals surface area contributed by atoms with Gasteiger partial charge in [0.25, 0.3) is 5.91 Å². The maximum atomic E-state index is 11.9. The molecular weight excluding hydrogens is 266 g/mol. The molecule has 0 atom stereocenters. The first-order chi connectivity index (χ1) is 9.19. The molecule has 19 heavy (non-hydrogen) atoms. The first-order valence-electron chi connectivity index (χ1n) is 6.10. The molecule has 1 saturated heterocycles. The summed E-state index contributed by atoms with van der Waals surface area (Å²) in [6.45, 7) is 3.40. The van der Waals surface area contributed by atoms with Crippen LogP contribution in [0.3, 0.4) is 0 Å². The molecule has 2 rings (SSSR count). The van der Waals surface area contributed by atoms with Gasteiger partial charge in [-0.25, -0.2) is 0 Å². The summed E-state index contributed by atoms with van der Waals surface area (Å²) in [4.78, 5) is 13.1. The summed E-state index contributed by atoms with van der Waals surface area (Å²) in [5.41, 5.74) is 0.877. The van der Waals surface area contributed by atoms with Gasteiger partial charge in [0, 0.05) is 5.02 Å². The lowest BCUT2D eigenvalue weighted by atomic mass is 10.2. The van der Waals surface area contributed by atoms with Crippen molar-refractivity contribution < 1.29 is 14.4 Å². The van der Waals surface area contributed by atoms with Gasteiger partial charge in [0.05, 0.1) is 24.5 Å². The monoisotopic (exact) mass is 280 g/mol. The van der Waals surface area contributed by atoms with E-state index in [-0.39, 0.29) is 5.91 Å². The molecule has 100 valence electrons. The number of carbonyl (C=O) groups excluding carboxylic acids is 1. The van der Waals surface area contributed by atoms with Crippen LogP contribution in [0.1, 0.15) is 5.56 Å². The van der Waals surface area contributed by atoms with Crippen LogP contribution in [0.2, 0.25) is 5.02 Å². The van der Waals surface area contributed by atoms with Crippen molar-refractivity contribution in [2.45, 2.75) is 0 Å². The fourth-order valence-corrected chi connectivity index (χ4v) is 2.15. The SMILES string of the molecule is N#Cc1ccc(Cl)cc1NC(=O)C[NH+]1CCOCC1. The molecular formula is C13H15ClN3O2+. The number of hydrogen-bond acceptors (Lipinski definition) is 3. The number of nitriles is 1. The van der Waals surface area contributed by atoms with Gasteiger partial charge in [-0.05, 0) is 18.2 Å². The van der Waals surface area contributed by atoms with Crippen LogP contribution in [0, 0.1) is 11.3 Å². The van der Waals surface area contributed by atoms with E-state index in [1.54, 1.807) is 18.2 Å². The van der Waals surface area contributed by atoms with Crippen LogP contribution in [0.15, 0.2) is 18.2 Å². The molecule has 1 fully saturated rings. The zero-order valence-corrected chi connectivity index (χ0v) is 11.2. The Balaban J connectivity index is 1.98. The average molecular weight is 281 g/mol. The van der Waals surface area contributed by atoms with E-state index in [4.69, 9.17) is 21.6 Å². The Hall–Kier alpha value is -1.61. The standard InChI is InChI=1S/C13H14ClN3O2/c14-11-2-1-10(8-15)12(7-11)16-13(18)9-17-3-5-19-6-4-17/h1-2,7H,3-6,9H2,(H,16,18)/p+1. The van der Waals surface area contributed by atoms with Crippen LogP contribution in [-0.4, -0.2) is 38.8 Å². The summed E-state index contributed by atoms with van der Waals surface area (Å²) >= 11 is 5.87. The number of halogens is 1. The highest BCUT2D eigenvalue weighted by molar-refractivity contribution is 6.31. The number of rotatable bonds is 3. The molecule has 0 saturated carbocycles. The minimum Gasteiger partial charge on any atom is -0.370 e. The molecule has 1 aliphatic rings. The number of morpholine rings is 1. The highest BCUT2D eigenvalue weighted by Gasteiger charge is 2.18. The van der Waals surface area contributed by atoms with Crippen molar-refractivity contribution in [1.29, 1.82) is 5.26 Å². The largest absolute Gasteiger partial charge is 0.370 e. The van der Waals surface area contributed by atoms with Gasteiger partial charge in [-0.1, -0.05) is 11.6 Å². The molecule has 1 aliphatic heterocycles. The van der Waals surface area contributed by atoms with Crippen LogP contribution in [0.4, 0.5) is 5.69 Å². The minimum absolute atomic E-state index is 0.115. The maximum absolute atomic E-state index is 11.9. The van der Waals surface area contributed by atoms with Crippen molar-refractivity contribution in [2.24, 2.45) is 0 Å². The highest BCUT2D eigenvalue weighted by Crippen LogP contribution is 2.20. The first-order valence-corrected chi connectivity index (χ1v) is 6.47. The number of nitrogens with one attached hydrogen (secondary N) is 2. The van der Waals surface area contributed by atoms with E-state index in [9.17, 15) is 4.79 Å². The second kappa shape index (κ2) is 6.53. The van der Waals surface area contributed by atoms with Gasteiger partial charge in [0.2, 0.25) is 0 Å². The molecule has 6 heteroatoms. The smallest absolute Gasteiger partial charge is 0.279 e. The summed E-state index contributed by atoms with van der Waals surface area (Å²) < 4.78 is 5.24. The summed E-state index contributed by atoms with van der Waals surface area (Å²) in [5.74, 6) is -0.115. The summed E-state index contributed by atoms with van der Waals surface area (Å²) in [5, 5.41) is 12.2. The second-order valence-electron chi connectivity index (χ2n) is 4.39. The summed E-state index contributed by atoms with van der Waals surface area (Å²) in [6, 6.07) is 6.85. The Kier molecular flexibility index (Phi) is 4.74. The van der Waals surface area contributed by atoms with Crippen molar-refractivity contribution in [3.05, 3.63) is 28.8 Å². The third-order valence-electron chi connectivity index (χ3n) is 2.99. The third-order valence-corrected chi connectivity index (χ3v) is 3.22. The summed E-state index contributed by atoms with van der Waals surface area (Å²) in [7, 11) is 0. The number of anilines is 1. The van der Waals surface area contributed by atoms with Gasteiger partial charge < -0.3 is 15.0 Å². The molecule has 0 aliphatic carbocycles. The molecule has 1 amide bonds. The number of amides is 1. The number of hydrogen-bond donors (Lipinski definition) is 2. The molecule has 2 N–H and O–H groups in total. The Labute approximate surface area is 116 Å². The Morgan fingerprint density at radius 3 is 2.89 bits per heavy atom. The van der Waals surface area contributed by atoms with Crippen LogP contribution >= 0.6 is 11.6 Å². The molecule has 0 aromatic heterocycles. The van der Waals surface area contributed by atoms with E-state index in [2.05, 4.69) is 5.32 Å². The zero-order valence-electron chi connectivity index (χ0n) is 10.4. The predicted molar refractivity (Wildman–Crippen MR) is 71.2 cm³/mol. The van der Waals surface area contributed by atoms with Gasteiger partial charge in [0.1, 0.15) is 19.2 Å². The molecule has 0 bridgehead atoms. The molecule has 1 aromatic rings. The lowest BCUT2D eigenvalue weighted by Gasteiger charge is -2.23. The van der Waals surface area contributed by atoms with Crippen LogP contribution in [-0.2, 0) is 9.53 Å². The van der Waals surface area contributed by atoms with Gasteiger partial charge in [-0.2, -0.15) is 5.26 Å². The number of quaternary nitrogens is 1. The van der Waals surface area contributed by atoms with Gasteiger partial charge in [-0.15, -0.1) is 0 Å². The molecule has 0 radical (unpaired) electrons. The number of carbonyl (C=O) groups is 1. The van der Waals surface area contributed by atoms with Crippen LogP contribution < -0.4 is 10.2 Å². The molecule has 1 heterocycles. The Morgan fingerprint density at radius 1 is 1.47 bits per heavy atom. The number of ether oxygens (including phenoxy) is 1. The van der Waals surface area contributed by atoms with Gasteiger partial charge >= 0.3 is 0 Å². The van der Waals surface area contributed by atoms with Crippen molar-refractivity contribution in [3.8, 4) is 6.07 Å². The quantitative estimate of drug-likeness (QED) is 0.823. The van der Waals surface area contributed by atoms with Gasteiger partial charge in [0.15, 0.2) is 6.54 Å². The summed E-state index contributed by atoms with van der Waals surface area (Å²) in [6.07, 6.45) is 0. The molecule has 0 spiro atoms. The van der Waals surface area contributed by atoms with Crippen molar-refractivity contribution in [1.82, 2.24) is 0 Å². The van der Waals surface area contributed by atoms with Crippen LogP contribution in [0.5, 0.6) is 0 Å². The Bertz CT molecular complexity index is 507. The fraction of sp³-hybridized carbons (Fsp3) is 0.385. The molecule has 0 unspecified atom stereocenters. The topological polar surface area (TPSA) is 66.6 Å². The molecule has 1 aromatic carbocycles. The van der Waals surface area contributed by atoms with Crippen LogP contribution in [0.25, 0.3) is 0 Å². The van der Waals surface area contributed by atoms with Crippen molar-refractivity contribution in [2.75, 3.05) is 38.2 Å². The van der Waals surface area contributed by atoms with Crippen molar-refractivity contribution in [3.63, 3.8) is 0 Å². The van der Waals surface area contributed by atoms with E-state index in [1.165, 1.54) is 4.90 Å². The third kappa shape index (κ3) is 3.93. The van der Waals surface area contributed by atoms with E-state index < -0.39 is 0 Å². The number of nitrogens with zero attached hydrogens (tertiary/aromatic N) is 1. The first kappa shape index (κ1) is 13.8. The predicted octanol–water partition coefficient (Wildman–Crippen LogP) is 0.0653. The zero-order chi connectivity index (χ0) is 13.7. The van der Waals surface area contributed by atoms with Gasteiger partial charge in [-0.3, -0.25) is 4.79 Å². The van der Waals surface area contributed by atoms with E-state index in [1.807, 2.05) is 6.07 Å². The second-order valence-corrected chi connectivity index (χ2v) is 4.83. The average Bonchev–Trinajstić information content (AvgIpc) is 2.40. The lowest BCUT2D eigenvalue weighted by Crippen LogP contribution is -3.15. The minimum atomic E-state index is -0.115. The van der Waals surface area contributed by atoms with E-state index >= 15 is 0 Å². The van der Waals surface area contributed by atoms with E-state index in [0.717, 1.165) is 13.1 Å². The van der Waals surface area contributed by atoms with E-state index in [0.29, 0.717) is 36.0 Å². The van der Waals surface area contributed by atoms with Crippen molar-refractivity contribution >= 4 is 23.2 Å². The number of benzene rings is 1. The highest BCUT2D eigenvalue weighted by atomic mass is 35.5. The maximum Gasteiger partial charge on any atom is 0.279 e. The molecule has 5 nitrogen and oxygen atoms in total. The fourth-order valence-electron chi connectivity index (χ4n) is 1.98. The Morgan fingerprint density at radius 2 is 2.21 bits per heavy atom.